The van der Waals surface area contributed by atoms with Crippen molar-refractivity contribution in [2.45, 2.75) is 26.0 Å². The molecule has 27 heavy (non-hydrogen) atoms. The highest BCUT2D eigenvalue weighted by molar-refractivity contribution is 7.89. The molecule has 1 aliphatic rings. The standard InChI is InChI=1S/C20H25ClN2O3S/c21-19-5-1-17(2-6-19)14-26-20-7-3-16(4-8-20)13-23-11-9-18(10-12-23)15-27(22,24)25/h1-8,18H,9-15H2,(H2,22,24,25). The molecule has 1 saturated heterocycles. The zero-order valence-electron chi connectivity index (χ0n) is 15.2. The van der Waals surface area contributed by atoms with Crippen LogP contribution in [0.3, 0.4) is 0 Å². The molecule has 1 heterocycles. The van der Waals surface area contributed by atoms with Crippen LogP contribution in [0.5, 0.6) is 5.75 Å². The molecular formula is C20H25ClN2O3S. The lowest BCUT2D eigenvalue weighted by Gasteiger charge is -2.31. The Morgan fingerprint density at radius 1 is 1.00 bits per heavy atom. The van der Waals surface area contributed by atoms with Crippen molar-refractivity contribution < 1.29 is 13.2 Å². The quantitative estimate of drug-likeness (QED) is 0.761. The number of ether oxygens (including phenoxy) is 1. The Labute approximate surface area is 166 Å². The van der Waals surface area contributed by atoms with Gasteiger partial charge in [-0.1, -0.05) is 35.9 Å². The lowest BCUT2D eigenvalue weighted by atomic mass is 9.98. The van der Waals surface area contributed by atoms with E-state index in [-0.39, 0.29) is 11.7 Å². The molecule has 1 fully saturated rings. The third-order valence-corrected chi connectivity index (χ3v) is 6.01. The highest BCUT2D eigenvalue weighted by Crippen LogP contribution is 2.21. The van der Waals surface area contributed by atoms with E-state index in [9.17, 15) is 8.42 Å². The van der Waals surface area contributed by atoms with Crippen LogP contribution in [0.25, 0.3) is 0 Å². The first kappa shape index (κ1) is 20.1. The van der Waals surface area contributed by atoms with Crippen LogP contribution in [0.1, 0.15) is 24.0 Å². The third-order valence-electron chi connectivity index (χ3n) is 4.82. The average Bonchev–Trinajstić information content (AvgIpc) is 2.63. The van der Waals surface area contributed by atoms with Gasteiger partial charge in [-0.15, -0.1) is 0 Å². The lowest BCUT2D eigenvalue weighted by molar-refractivity contribution is 0.186. The van der Waals surface area contributed by atoms with E-state index in [1.54, 1.807) is 0 Å². The number of halogens is 1. The van der Waals surface area contributed by atoms with Crippen molar-refractivity contribution in [1.29, 1.82) is 0 Å². The predicted octanol–water partition coefficient (Wildman–Crippen LogP) is 3.42. The second kappa shape index (κ2) is 9.06. The minimum absolute atomic E-state index is 0.0977. The van der Waals surface area contributed by atoms with Crippen LogP contribution < -0.4 is 9.88 Å². The van der Waals surface area contributed by atoms with Gasteiger partial charge in [-0.05, 0) is 67.2 Å². The van der Waals surface area contributed by atoms with E-state index in [4.69, 9.17) is 21.5 Å². The first-order chi connectivity index (χ1) is 12.9. The number of primary sulfonamides is 1. The summed E-state index contributed by atoms with van der Waals surface area (Å²) in [5.74, 6) is 1.11. The fourth-order valence-electron chi connectivity index (χ4n) is 3.34. The predicted molar refractivity (Wildman–Crippen MR) is 108 cm³/mol. The van der Waals surface area contributed by atoms with Crippen LogP contribution in [-0.4, -0.2) is 32.2 Å². The molecule has 0 unspecified atom stereocenters. The van der Waals surface area contributed by atoms with Crippen molar-refractivity contribution >= 4 is 21.6 Å². The Morgan fingerprint density at radius 3 is 2.19 bits per heavy atom. The molecule has 0 amide bonds. The molecule has 0 atom stereocenters. The highest BCUT2D eigenvalue weighted by atomic mass is 35.5. The molecule has 0 spiro atoms. The molecule has 7 heteroatoms. The van der Waals surface area contributed by atoms with E-state index in [0.29, 0.717) is 6.61 Å². The largest absolute Gasteiger partial charge is 0.489 e. The molecule has 2 aromatic rings. The van der Waals surface area contributed by atoms with E-state index < -0.39 is 10.0 Å². The normalized spacial score (nSPS) is 16.4. The maximum atomic E-state index is 11.2. The Bertz CT molecular complexity index is 831. The molecule has 0 saturated carbocycles. The first-order valence-corrected chi connectivity index (χ1v) is 11.2. The minimum atomic E-state index is -3.37. The number of benzene rings is 2. The number of nitrogens with two attached hydrogens (primary N) is 1. The summed E-state index contributed by atoms with van der Waals surface area (Å²) in [4.78, 5) is 2.35. The van der Waals surface area contributed by atoms with Crippen LogP contribution in [0, 0.1) is 5.92 Å². The van der Waals surface area contributed by atoms with E-state index in [1.165, 1.54) is 5.56 Å². The zero-order valence-corrected chi connectivity index (χ0v) is 16.8. The van der Waals surface area contributed by atoms with Crippen LogP contribution in [0.15, 0.2) is 48.5 Å². The van der Waals surface area contributed by atoms with Gasteiger partial charge in [-0.2, -0.15) is 0 Å². The van der Waals surface area contributed by atoms with Gasteiger partial charge in [0.25, 0.3) is 0 Å². The van der Waals surface area contributed by atoms with E-state index >= 15 is 0 Å². The molecule has 2 aromatic carbocycles. The zero-order chi connectivity index (χ0) is 19.3. The van der Waals surface area contributed by atoms with Gasteiger partial charge >= 0.3 is 0 Å². The summed E-state index contributed by atoms with van der Waals surface area (Å²) in [6.07, 6.45) is 1.75. The van der Waals surface area contributed by atoms with Gasteiger partial charge in [-0.3, -0.25) is 4.90 Å². The topological polar surface area (TPSA) is 72.6 Å². The maximum absolute atomic E-state index is 11.2. The number of rotatable bonds is 7. The van der Waals surface area contributed by atoms with Gasteiger partial charge in [0, 0.05) is 11.6 Å². The summed E-state index contributed by atoms with van der Waals surface area (Å²) >= 11 is 5.89. The van der Waals surface area contributed by atoms with E-state index in [2.05, 4.69) is 17.0 Å². The Hall–Kier alpha value is -1.60. The highest BCUT2D eigenvalue weighted by Gasteiger charge is 2.22. The summed E-state index contributed by atoms with van der Waals surface area (Å²) in [6, 6.07) is 15.7. The van der Waals surface area contributed by atoms with Crippen molar-refractivity contribution in [2.75, 3.05) is 18.8 Å². The summed E-state index contributed by atoms with van der Waals surface area (Å²) in [5, 5.41) is 5.87. The van der Waals surface area contributed by atoms with E-state index in [1.807, 2.05) is 36.4 Å². The van der Waals surface area contributed by atoms with Gasteiger partial charge in [-0.25, -0.2) is 13.6 Å². The van der Waals surface area contributed by atoms with Gasteiger partial charge in [0.15, 0.2) is 0 Å². The number of hydrogen-bond acceptors (Lipinski definition) is 4. The molecule has 146 valence electrons. The number of likely N-dealkylation sites (tertiary alicyclic amines) is 1. The fourth-order valence-corrected chi connectivity index (χ4v) is 4.45. The number of hydrogen-bond donors (Lipinski definition) is 1. The average molecular weight is 409 g/mol. The van der Waals surface area contributed by atoms with Gasteiger partial charge in [0.2, 0.25) is 10.0 Å². The van der Waals surface area contributed by atoms with E-state index in [0.717, 1.165) is 48.8 Å². The Kier molecular flexibility index (Phi) is 6.76. The van der Waals surface area contributed by atoms with Gasteiger partial charge in [0.1, 0.15) is 12.4 Å². The molecule has 0 aromatic heterocycles. The molecule has 1 aliphatic heterocycles. The summed E-state index contributed by atoms with van der Waals surface area (Å²) in [5.41, 5.74) is 2.30. The molecule has 0 bridgehead atoms. The van der Waals surface area contributed by atoms with Crippen molar-refractivity contribution in [3.63, 3.8) is 0 Å². The van der Waals surface area contributed by atoms with Gasteiger partial charge in [0.05, 0.1) is 5.75 Å². The van der Waals surface area contributed by atoms with Crippen molar-refractivity contribution in [3.8, 4) is 5.75 Å². The molecule has 5 nitrogen and oxygen atoms in total. The Morgan fingerprint density at radius 2 is 1.59 bits per heavy atom. The smallest absolute Gasteiger partial charge is 0.209 e. The monoisotopic (exact) mass is 408 g/mol. The number of nitrogens with zero attached hydrogens (tertiary/aromatic N) is 1. The first-order valence-electron chi connectivity index (χ1n) is 9.06. The molecule has 3 rings (SSSR count). The lowest BCUT2D eigenvalue weighted by Crippen LogP contribution is -2.36. The molecule has 2 N–H and O–H groups in total. The second-order valence-electron chi connectivity index (χ2n) is 7.11. The van der Waals surface area contributed by atoms with Crippen LogP contribution in [-0.2, 0) is 23.2 Å². The number of piperidine rings is 1. The SMILES string of the molecule is NS(=O)(=O)CC1CCN(Cc2ccc(OCc3ccc(Cl)cc3)cc2)CC1. The van der Waals surface area contributed by atoms with Crippen molar-refractivity contribution in [1.82, 2.24) is 4.90 Å². The maximum Gasteiger partial charge on any atom is 0.209 e. The summed E-state index contributed by atoms with van der Waals surface area (Å²) in [7, 11) is -3.37. The van der Waals surface area contributed by atoms with Crippen molar-refractivity contribution in [2.24, 2.45) is 11.1 Å². The summed E-state index contributed by atoms with van der Waals surface area (Å²) in [6.45, 7) is 3.16. The summed E-state index contributed by atoms with van der Waals surface area (Å²) < 4.78 is 28.2. The Balaban J connectivity index is 1.45. The van der Waals surface area contributed by atoms with Crippen molar-refractivity contribution in [3.05, 3.63) is 64.7 Å². The minimum Gasteiger partial charge on any atom is -0.489 e. The van der Waals surface area contributed by atoms with Crippen LogP contribution in [0.2, 0.25) is 5.02 Å². The van der Waals surface area contributed by atoms with Crippen LogP contribution >= 0.6 is 11.6 Å². The molecule has 0 aliphatic carbocycles. The second-order valence-corrected chi connectivity index (χ2v) is 9.20. The third kappa shape index (κ3) is 6.81. The van der Waals surface area contributed by atoms with Crippen LogP contribution in [0.4, 0.5) is 0 Å². The van der Waals surface area contributed by atoms with Gasteiger partial charge < -0.3 is 4.74 Å². The fraction of sp³-hybridized carbons (Fsp3) is 0.400. The number of sulfonamides is 1. The molecule has 0 radical (unpaired) electrons. The molecular weight excluding hydrogens is 384 g/mol.